The summed E-state index contributed by atoms with van der Waals surface area (Å²) in [4.78, 5) is 16.3. The fourth-order valence-electron chi connectivity index (χ4n) is 2.57. The molecule has 0 aliphatic rings. The van der Waals surface area contributed by atoms with Crippen molar-refractivity contribution in [2.24, 2.45) is 0 Å². The topological polar surface area (TPSA) is 96.8 Å². The largest absolute Gasteiger partial charge is 0.497 e. The quantitative estimate of drug-likeness (QED) is 0.630. The Hall–Kier alpha value is -2.98. The van der Waals surface area contributed by atoms with Gasteiger partial charge in [0.1, 0.15) is 22.3 Å². The molecule has 0 aliphatic heterocycles. The van der Waals surface area contributed by atoms with Crippen LogP contribution >= 0.6 is 11.3 Å². The monoisotopic (exact) mass is 436 g/mol. The Morgan fingerprint density at radius 1 is 1.24 bits per heavy atom. The summed E-state index contributed by atoms with van der Waals surface area (Å²) in [6, 6.07) is 11.6. The van der Waals surface area contributed by atoms with Crippen LogP contribution in [0.1, 0.15) is 5.01 Å². The Balaban J connectivity index is 2.19. The molecule has 10 heteroatoms. The molecule has 3 rings (SSSR count). The zero-order valence-electron chi connectivity index (χ0n) is 15.5. The Morgan fingerprint density at radius 3 is 2.62 bits per heavy atom. The van der Waals surface area contributed by atoms with Gasteiger partial charge in [-0.2, -0.15) is 0 Å². The van der Waals surface area contributed by atoms with Gasteiger partial charge in [0.25, 0.3) is 0 Å². The molecule has 0 saturated heterocycles. The Labute approximate surface area is 170 Å². The molecule has 0 radical (unpaired) electrons. The van der Waals surface area contributed by atoms with E-state index in [0.29, 0.717) is 5.75 Å². The van der Waals surface area contributed by atoms with E-state index >= 15 is 0 Å². The van der Waals surface area contributed by atoms with Gasteiger partial charge < -0.3 is 14.7 Å². The minimum atomic E-state index is -4.06. The molecule has 1 N–H and O–H groups in total. The minimum absolute atomic E-state index is 0.0226. The van der Waals surface area contributed by atoms with Gasteiger partial charge in [-0.15, -0.1) is 11.3 Å². The molecule has 1 amide bonds. The lowest BCUT2D eigenvalue weighted by atomic mass is 10.1. The summed E-state index contributed by atoms with van der Waals surface area (Å²) in [5.41, 5.74) is -0.0286. The second-order valence-corrected chi connectivity index (χ2v) is 9.27. The number of carboxylic acid groups (broad SMARTS) is 1. The summed E-state index contributed by atoms with van der Waals surface area (Å²) in [5, 5.41) is 9.32. The number of benzene rings is 2. The van der Waals surface area contributed by atoms with Crippen molar-refractivity contribution in [1.82, 2.24) is 9.88 Å². The van der Waals surface area contributed by atoms with Gasteiger partial charge in [0, 0.05) is 12.6 Å². The normalized spacial score (nSPS) is 11.3. The first-order valence-corrected chi connectivity index (χ1v) is 10.6. The molecular formula is C19H17FN2O5S2. The zero-order valence-corrected chi connectivity index (χ0v) is 17.1. The number of sulfone groups is 1. The van der Waals surface area contributed by atoms with Crippen molar-refractivity contribution in [3.63, 3.8) is 0 Å². The lowest BCUT2D eigenvalue weighted by molar-refractivity contribution is 0.153. The van der Waals surface area contributed by atoms with Crippen molar-refractivity contribution in [2.75, 3.05) is 14.2 Å². The van der Waals surface area contributed by atoms with E-state index in [1.807, 2.05) is 0 Å². The molecule has 0 spiro atoms. The van der Waals surface area contributed by atoms with Gasteiger partial charge >= 0.3 is 6.09 Å². The van der Waals surface area contributed by atoms with Gasteiger partial charge in [0.05, 0.1) is 18.6 Å². The van der Waals surface area contributed by atoms with Crippen LogP contribution in [0.4, 0.5) is 9.18 Å². The minimum Gasteiger partial charge on any atom is -0.497 e. The van der Waals surface area contributed by atoms with Crippen LogP contribution in [0.15, 0.2) is 57.6 Å². The number of amides is 1. The standard InChI is InChI=1S/C19H17FN2O5S2/c1-22(19(23)24)11-16-21-17(14-8-3-4-9-15(14)20)18(28-16)29(25,26)13-7-5-6-12(10-13)27-2/h3-10H,11H2,1-2H3,(H,23,24). The number of ether oxygens (including phenoxy) is 1. The van der Waals surface area contributed by atoms with E-state index in [9.17, 15) is 17.6 Å². The summed E-state index contributed by atoms with van der Waals surface area (Å²) in [6.07, 6.45) is -1.19. The molecule has 2 aromatic carbocycles. The average Bonchev–Trinajstić information content (AvgIpc) is 3.12. The highest BCUT2D eigenvalue weighted by Crippen LogP contribution is 2.37. The molecule has 3 aromatic rings. The summed E-state index contributed by atoms with van der Waals surface area (Å²) >= 11 is 0.812. The first-order valence-electron chi connectivity index (χ1n) is 8.32. The molecule has 152 valence electrons. The maximum atomic E-state index is 14.4. The van der Waals surface area contributed by atoms with Crippen LogP contribution in [0, 0.1) is 5.82 Å². The number of nitrogens with zero attached hydrogens (tertiary/aromatic N) is 2. The molecule has 29 heavy (non-hydrogen) atoms. The van der Waals surface area contributed by atoms with Gasteiger partial charge in [-0.05, 0) is 30.3 Å². The van der Waals surface area contributed by atoms with Crippen LogP contribution in [0.3, 0.4) is 0 Å². The van der Waals surface area contributed by atoms with Gasteiger partial charge in [-0.3, -0.25) is 0 Å². The van der Waals surface area contributed by atoms with Crippen LogP contribution in [-0.2, 0) is 16.4 Å². The lowest BCUT2D eigenvalue weighted by Crippen LogP contribution is -2.23. The van der Waals surface area contributed by atoms with E-state index in [0.717, 1.165) is 16.2 Å². The number of carbonyl (C=O) groups is 1. The van der Waals surface area contributed by atoms with E-state index in [2.05, 4.69) is 4.98 Å². The number of rotatable bonds is 6. The molecular weight excluding hydrogens is 419 g/mol. The SMILES string of the molecule is COc1cccc(S(=O)(=O)c2sc(CN(C)C(=O)O)nc2-c2ccccc2F)c1. The average molecular weight is 436 g/mol. The number of aromatic nitrogens is 1. The van der Waals surface area contributed by atoms with Crippen LogP contribution in [0.5, 0.6) is 5.75 Å². The van der Waals surface area contributed by atoms with E-state index < -0.39 is 21.7 Å². The Morgan fingerprint density at radius 2 is 1.97 bits per heavy atom. The third-order valence-electron chi connectivity index (χ3n) is 4.06. The molecule has 0 fully saturated rings. The van der Waals surface area contributed by atoms with E-state index in [4.69, 9.17) is 9.84 Å². The van der Waals surface area contributed by atoms with Gasteiger partial charge in [0.2, 0.25) is 9.84 Å². The highest BCUT2D eigenvalue weighted by Gasteiger charge is 2.29. The third kappa shape index (κ3) is 4.22. The Kier molecular flexibility index (Phi) is 5.85. The van der Waals surface area contributed by atoms with Crippen LogP contribution in [0.2, 0.25) is 0 Å². The first kappa shape index (κ1) is 20.7. The number of methoxy groups -OCH3 is 1. The fraction of sp³-hybridized carbons (Fsp3) is 0.158. The second-order valence-electron chi connectivity index (χ2n) is 6.04. The van der Waals surface area contributed by atoms with Crippen molar-refractivity contribution >= 4 is 27.3 Å². The van der Waals surface area contributed by atoms with Crippen molar-refractivity contribution < 1.29 is 27.4 Å². The number of thiazole rings is 1. The summed E-state index contributed by atoms with van der Waals surface area (Å²) in [5.74, 6) is -0.271. The molecule has 0 saturated carbocycles. The van der Waals surface area contributed by atoms with Crippen molar-refractivity contribution in [3.05, 3.63) is 59.4 Å². The summed E-state index contributed by atoms with van der Waals surface area (Å²) in [7, 11) is -1.30. The molecule has 0 atom stereocenters. The summed E-state index contributed by atoms with van der Waals surface area (Å²) in [6.45, 7) is -0.130. The molecule has 1 aromatic heterocycles. The number of hydrogen-bond donors (Lipinski definition) is 1. The third-order valence-corrected chi connectivity index (χ3v) is 7.36. The predicted octanol–water partition coefficient (Wildman–Crippen LogP) is 3.90. The second kappa shape index (κ2) is 8.18. The molecule has 7 nitrogen and oxygen atoms in total. The maximum absolute atomic E-state index is 14.4. The number of halogens is 1. The van der Waals surface area contributed by atoms with Crippen LogP contribution in [-0.4, -0.2) is 43.7 Å². The number of hydrogen-bond acceptors (Lipinski definition) is 6. The van der Waals surface area contributed by atoms with Crippen molar-refractivity contribution in [2.45, 2.75) is 15.6 Å². The molecule has 1 heterocycles. The first-order chi connectivity index (χ1) is 13.7. The fourth-order valence-corrected chi connectivity index (χ4v) is 5.60. The van der Waals surface area contributed by atoms with E-state index in [1.165, 1.54) is 50.6 Å². The van der Waals surface area contributed by atoms with E-state index in [1.54, 1.807) is 12.1 Å². The van der Waals surface area contributed by atoms with Crippen molar-refractivity contribution in [3.8, 4) is 17.0 Å². The van der Waals surface area contributed by atoms with Gasteiger partial charge in [0.15, 0.2) is 4.21 Å². The van der Waals surface area contributed by atoms with Crippen LogP contribution in [0.25, 0.3) is 11.3 Å². The summed E-state index contributed by atoms with van der Waals surface area (Å²) < 4.78 is 45.9. The lowest BCUT2D eigenvalue weighted by Gasteiger charge is -2.09. The highest BCUT2D eigenvalue weighted by atomic mass is 32.2. The predicted molar refractivity (Wildman–Crippen MR) is 105 cm³/mol. The zero-order chi connectivity index (χ0) is 21.2. The molecule has 0 unspecified atom stereocenters. The van der Waals surface area contributed by atoms with Gasteiger partial charge in [-0.25, -0.2) is 22.6 Å². The van der Waals surface area contributed by atoms with Crippen molar-refractivity contribution in [1.29, 1.82) is 0 Å². The smallest absolute Gasteiger partial charge is 0.407 e. The van der Waals surface area contributed by atoms with Gasteiger partial charge in [-0.1, -0.05) is 18.2 Å². The Bertz CT molecular complexity index is 1160. The highest BCUT2D eigenvalue weighted by molar-refractivity contribution is 7.93. The maximum Gasteiger partial charge on any atom is 0.407 e. The molecule has 0 aliphatic carbocycles. The van der Waals surface area contributed by atoms with E-state index in [-0.39, 0.29) is 31.9 Å². The molecule has 0 bridgehead atoms. The van der Waals surface area contributed by atoms with Crippen LogP contribution < -0.4 is 4.74 Å².